The summed E-state index contributed by atoms with van der Waals surface area (Å²) in [5, 5.41) is 31.7. The molecule has 3 heterocycles. The van der Waals surface area contributed by atoms with E-state index in [1.165, 1.54) is 6.21 Å². The van der Waals surface area contributed by atoms with Crippen LogP contribution < -0.4 is 10.6 Å². The average Bonchev–Trinajstić information content (AvgIpc) is 3.54. The lowest BCUT2D eigenvalue weighted by molar-refractivity contribution is 0.889. The summed E-state index contributed by atoms with van der Waals surface area (Å²) in [5.74, 6) is 0. The summed E-state index contributed by atoms with van der Waals surface area (Å²) in [6, 6.07) is 17.8. The number of hydrogen-bond donors (Lipinski definition) is 4. The van der Waals surface area contributed by atoms with Gasteiger partial charge in [0.2, 0.25) is 0 Å². The van der Waals surface area contributed by atoms with Gasteiger partial charge in [-0.2, -0.15) is 10.4 Å². The molecule has 5 rings (SSSR count). The van der Waals surface area contributed by atoms with Crippen LogP contribution in [0.4, 0.5) is 5.69 Å². The predicted molar refractivity (Wildman–Crippen MR) is 144 cm³/mol. The predicted octanol–water partition coefficient (Wildman–Crippen LogP) is 5.15. The Hall–Kier alpha value is -5.16. The molecule has 176 valence electrons. The van der Waals surface area contributed by atoms with E-state index in [-0.39, 0.29) is 0 Å². The standard InChI is InChI=1S/C28H24N8/c1-2-11-31-26-18-36(23-8-7-21-17-34-35-25(21)13-23)27-12-22(16-33-28(26)27)24(9-10-29)32-15-20-5-3-19(14-30)4-6-20/h2-10,12-13,16-18,29,31-32H,1,11,15H2,(H,34,35)/b24-9-,29-10?. The van der Waals surface area contributed by atoms with E-state index < -0.39 is 0 Å². The molecule has 8 nitrogen and oxygen atoms in total. The van der Waals surface area contributed by atoms with E-state index in [9.17, 15) is 0 Å². The fourth-order valence-corrected chi connectivity index (χ4v) is 4.09. The van der Waals surface area contributed by atoms with Crippen molar-refractivity contribution in [2.75, 3.05) is 11.9 Å². The van der Waals surface area contributed by atoms with Crippen LogP contribution in [0.3, 0.4) is 0 Å². The van der Waals surface area contributed by atoms with Gasteiger partial charge in [-0.1, -0.05) is 18.2 Å². The van der Waals surface area contributed by atoms with Gasteiger partial charge >= 0.3 is 0 Å². The van der Waals surface area contributed by atoms with E-state index in [0.717, 1.165) is 50.1 Å². The molecular weight excluding hydrogens is 448 g/mol. The summed E-state index contributed by atoms with van der Waals surface area (Å²) in [4.78, 5) is 4.78. The number of nitrogens with one attached hydrogen (secondary N) is 4. The summed E-state index contributed by atoms with van der Waals surface area (Å²) >= 11 is 0. The number of pyridine rings is 1. The van der Waals surface area contributed by atoms with Crippen LogP contribution in [-0.4, -0.2) is 32.5 Å². The first-order chi connectivity index (χ1) is 17.7. The number of aromatic nitrogens is 4. The first-order valence-corrected chi connectivity index (χ1v) is 11.4. The third-order valence-electron chi connectivity index (χ3n) is 5.91. The third-order valence-corrected chi connectivity index (χ3v) is 5.91. The van der Waals surface area contributed by atoms with Crippen LogP contribution in [0.1, 0.15) is 16.7 Å². The Morgan fingerprint density at radius 3 is 2.81 bits per heavy atom. The first kappa shape index (κ1) is 22.6. The Labute approximate surface area is 208 Å². The molecule has 0 saturated heterocycles. The molecule has 0 radical (unpaired) electrons. The average molecular weight is 473 g/mol. The third kappa shape index (κ3) is 4.45. The normalized spacial score (nSPS) is 11.4. The lowest BCUT2D eigenvalue weighted by atomic mass is 10.1. The van der Waals surface area contributed by atoms with Gasteiger partial charge in [-0.3, -0.25) is 10.1 Å². The van der Waals surface area contributed by atoms with Crippen LogP contribution in [0.2, 0.25) is 0 Å². The minimum absolute atomic E-state index is 0.549. The first-order valence-electron chi connectivity index (χ1n) is 11.4. The van der Waals surface area contributed by atoms with Crippen molar-refractivity contribution in [2.45, 2.75) is 6.54 Å². The van der Waals surface area contributed by atoms with Crippen molar-refractivity contribution in [3.8, 4) is 11.8 Å². The summed E-state index contributed by atoms with van der Waals surface area (Å²) < 4.78 is 2.10. The molecule has 0 atom stereocenters. The molecule has 2 aromatic carbocycles. The molecule has 8 heteroatoms. The molecule has 4 N–H and O–H groups in total. The van der Waals surface area contributed by atoms with Crippen molar-refractivity contribution in [2.24, 2.45) is 0 Å². The topological polar surface area (TPSA) is 118 Å². The number of nitrogens with zero attached hydrogens (tertiary/aromatic N) is 4. The van der Waals surface area contributed by atoms with E-state index in [0.29, 0.717) is 18.7 Å². The Morgan fingerprint density at radius 2 is 2.03 bits per heavy atom. The second-order valence-electron chi connectivity index (χ2n) is 8.22. The molecule has 0 unspecified atom stereocenters. The minimum Gasteiger partial charge on any atom is -0.380 e. The van der Waals surface area contributed by atoms with Crippen LogP contribution in [0.5, 0.6) is 0 Å². The fourth-order valence-electron chi connectivity index (χ4n) is 4.09. The number of H-pyrrole nitrogens is 1. The highest BCUT2D eigenvalue weighted by Gasteiger charge is 2.14. The highest BCUT2D eigenvalue weighted by molar-refractivity contribution is 5.94. The molecule has 0 fully saturated rings. The number of anilines is 1. The van der Waals surface area contributed by atoms with Crippen molar-refractivity contribution in [3.05, 3.63) is 103 Å². The van der Waals surface area contributed by atoms with Crippen molar-refractivity contribution < 1.29 is 0 Å². The Balaban J connectivity index is 1.54. The second-order valence-corrected chi connectivity index (χ2v) is 8.22. The van der Waals surface area contributed by atoms with Gasteiger partial charge in [0.15, 0.2) is 0 Å². The van der Waals surface area contributed by atoms with Gasteiger partial charge in [0.25, 0.3) is 0 Å². The molecule has 0 aliphatic heterocycles. The molecule has 0 aliphatic carbocycles. The van der Waals surface area contributed by atoms with Crippen molar-refractivity contribution in [3.63, 3.8) is 0 Å². The van der Waals surface area contributed by atoms with E-state index in [1.807, 2.05) is 36.7 Å². The molecule has 0 spiro atoms. The lowest BCUT2D eigenvalue weighted by Gasteiger charge is -2.12. The zero-order chi connectivity index (χ0) is 24.9. The van der Waals surface area contributed by atoms with E-state index in [2.05, 4.69) is 56.2 Å². The van der Waals surface area contributed by atoms with Crippen LogP contribution in [-0.2, 0) is 6.54 Å². The molecule has 3 aromatic heterocycles. The van der Waals surface area contributed by atoms with Gasteiger partial charge in [-0.05, 0) is 48.0 Å². The van der Waals surface area contributed by atoms with Gasteiger partial charge in [-0.25, -0.2) is 0 Å². The second kappa shape index (κ2) is 9.99. The highest BCUT2D eigenvalue weighted by atomic mass is 15.1. The van der Waals surface area contributed by atoms with Crippen molar-refractivity contribution in [1.29, 1.82) is 10.7 Å². The molecular formula is C28H24N8. The summed E-state index contributed by atoms with van der Waals surface area (Å²) in [6.07, 6.45) is 10.4. The zero-order valence-electron chi connectivity index (χ0n) is 19.5. The van der Waals surface area contributed by atoms with Crippen LogP contribution in [0.15, 0.2) is 85.9 Å². The molecule has 0 saturated carbocycles. The molecule has 0 amide bonds. The zero-order valence-corrected chi connectivity index (χ0v) is 19.5. The number of rotatable bonds is 9. The lowest BCUT2D eigenvalue weighted by Crippen LogP contribution is -2.12. The minimum atomic E-state index is 0.549. The van der Waals surface area contributed by atoms with Gasteiger partial charge < -0.3 is 20.6 Å². The number of allylic oxidation sites excluding steroid dienone is 1. The van der Waals surface area contributed by atoms with E-state index in [4.69, 9.17) is 15.7 Å². The Kier molecular flexibility index (Phi) is 6.28. The molecule has 0 bridgehead atoms. The molecule has 0 aliphatic rings. The maximum Gasteiger partial charge on any atom is 0.112 e. The van der Waals surface area contributed by atoms with Gasteiger partial charge in [0, 0.05) is 54.0 Å². The van der Waals surface area contributed by atoms with Crippen LogP contribution in [0, 0.1) is 16.7 Å². The van der Waals surface area contributed by atoms with Crippen LogP contribution in [0.25, 0.3) is 33.3 Å². The van der Waals surface area contributed by atoms with Gasteiger partial charge in [0.1, 0.15) is 5.52 Å². The van der Waals surface area contributed by atoms with E-state index in [1.54, 1.807) is 24.4 Å². The quantitative estimate of drug-likeness (QED) is 0.175. The SMILES string of the molecule is C=CCNc1cn(-c2ccc3cn[nH]c3c2)c2cc(/C(=C/C=N)NCc3ccc(C#N)cc3)cnc12. The molecule has 36 heavy (non-hydrogen) atoms. The number of fused-ring (bicyclic) bond motifs is 2. The maximum atomic E-state index is 9.02. The van der Waals surface area contributed by atoms with Crippen molar-refractivity contribution in [1.82, 2.24) is 25.1 Å². The number of hydrogen-bond acceptors (Lipinski definition) is 6. The smallest absolute Gasteiger partial charge is 0.112 e. The van der Waals surface area contributed by atoms with Crippen LogP contribution >= 0.6 is 0 Å². The number of aromatic amines is 1. The highest BCUT2D eigenvalue weighted by Crippen LogP contribution is 2.30. The monoisotopic (exact) mass is 472 g/mol. The molecule has 5 aromatic rings. The van der Waals surface area contributed by atoms with E-state index >= 15 is 0 Å². The Bertz CT molecular complexity index is 1630. The maximum absolute atomic E-state index is 9.02. The largest absolute Gasteiger partial charge is 0.380 e. The van der Waals surface area contributed by atoms with Gasteiger partial charge in [0.05, 0.1) is 34.6 Å². The fraction of sp³-hybridized carbons (Fsp3) is 0.0714. The summed E-state index contributed by atoms with van der Waals surface area (Å²) in [6.45, 7) is 4.98. The van der Waals surface area contributed by atoms with Gasteiger partial charge in [-0.15, -0.1) is 6.58 Å². The number of nitriles is 1. The summed E-state index contributed by atoms with van der Waals surface area (Å²) in [5.41, 5.74) is 7.89. The number of benzene rings is 2. The summed E-state index contributed by atoms with van der Waals surface area (Å²) in [7, 11) is 0. The van der Waals surface area contributed by atoms with Crippen molar-refractivity contribution >= 4 is 39.5 Å². The Morgan fingerprint density at radius 1 is 1.17 bits per heavy atom.